The van der Waals surface area contributed by atoms with Gasteiger partial charge in [0.1, 0.15) is 29.8 Å². The van der Waals surface area contributed by atoms with Crippen molar-refractivity contribution >= 4 is 27.5 Å². The molecule has 1 N–H and O–H groups in total. The van der Waals surface area contributed by atoms with E-state index >= 15 is 4.39 Å². The standard InChI is InChI=1S/C32H31F2N7O/c1-2-19-5-3-6-20-12-35-13-24(26(19)20)28-27(34)29-25(14-36-28)30(40-16-22-7-8-23(17-40)37-22)39-31(38-29)42-18-32-9-4-10-41(32)15-21(33)11-32/h1,3,5-6,12-14,21-23,37H,4,7-11,15-18H2/t21-,22?,23?,32+/m0/s1. The second kappa shape index (κ2) is 9.82. The molecule has 0 aliphatic carbocycles. The average Bonchev–Trinajstić information content (AvgIpc) is 3.65. The van der Waals surface area contributed by atoms with Gasteiger partial charge in [-0.25, -0.2) is 8.78 Å². The Morgan fingerprint density at radius 1 is 1.12 bits per heavy atom. The number of nitrogens with one attached hydrogen (secondary N) is 1. The summed E-state index contributed by atoms with van der Waals surface area (Å²) in [4.78, 5) is 22.8. The van der Waals surface area contributed by atoms with E-state index in [1.807, 2.05) is 18.2 Å². The number of rotatable bonds is 5. The number of fused-ring (bicyclic) bond motifs is 5. The Kier molecular flexibility index (Phi) is 6.02. The molecule has 214 valence electrons. The van der Waals surface area contributed by atoms with Crippen LogP contribution in [0, 0.1) is 18.2 Å². The lowest BCUT2D eigenvalue weighted by atomic mass is 9.95. The van der Waals surface area contributed by atoms with Gasteiger partial charge in [-0.1, -0.05) is 18.1 Å². The van der Waals surface area contributed by atoms with Gasteiger partial charge in [-0.2, -0.15) is 9.97 Å². The number of hydrogen-bond acceptors (Lipinski definition) is 8. The van der Waals surface area contributed by atoms with E-state index in [9.17, 15) is 4.39 Å². The molecule has 3 aromatic heterocycles. The Hall–Kier alpha value is -3.94. The fraction of sp³-hybridized carbons (Fsp3) is 0.438. The Balaban J connectivity index is 1.25. The van der Waals surface area contributed by atoms with E-state index in [-0.39, 0.29) is 29.4 Å². The summed E-state index contributed by atoms with van der Waals surface area (Å²) in [5.41, 5.74) is 1.03. The van der Waals surface area contributed by atoms with Gasteiger partial charge in [-0.05, 0) is 38.3 Å². The van der Waals surface area contributed by atoms with Crippen molar-refractivity contribution in [3.63, 3.8) is 0 Å². The monoisotopic (exact) mass is 567 g/mol. The molecule has 4 fully saturated rings. The van der Waals surface area contributed by atoms with Crippen LogP contribution in [-0.4, -0.2) is 81.4 Å². The number of benzene rings is 1. The van der Waals surface area contributed by atoms with E-state index < -0.39 is 12.0 Å². The van der Waals surface area contributed by atoms with Crippen LogP contribution in [0.5, 0.6) is 6.01 Å². The van der Waals surface area contributed by atoms with Crippen LogP contribution in [0.1, 0.15) is 37.7 Å². The van der Waals surface area contributed by atoms with Crippen LogP contribution in [0.25, 0.3) is 32.9 Å². The van der Waals surface area contributed by atoms with Crippen molar-refractivity contribution in [3.8, 4) is 29.6 Å². The van der Waals surface area contributed by atoms with Crippen LogP contribution < -0.4 is 15.0 Å². The fourth-order valence-electron chi connectivity index (χ4n) is 7.67. The summed E-state index contributed by atoms with van der Waals surface area (Å²) in [5, 5.41) is 5.69. The lowest BCUT2D eigenvalue weighted by Crippen LogP contribution is -2.51. The summed E-state index contributed by atoms with van der Waals surface area (Å²) in [5.74, 6) is 2.74. The number of aromatic nitrogens is 4. The minimum absolute atomic E-state index is 0.100. The number of ether oxygens (including phenoxy) is 1. The Bertz CT molecular complexity index is 1740. The summed E-state index contributed by atoms with van der Waals surface area (Å²) < 4.78 is 37.3. The summed E-state index contributed by atoms with van der Waals surface area (Å²) in [7, 11) is 0. The van der Waals surface area contributed by atoms with Crippen molar-refractivity contribution in [2.75, 3.05) is 37.7 Å². The smallest absolute Gasteiger partial charge is 0.319 e. The van der Waals surface area contributed by atoms with Gasteiger partial charge in [0.15, 0.2) is 5.82 Å². The van der Waals surface area contributed by atoms with Gasteiger partial charge in [-0.3, -0.25) is 14.9 Å². The van der Waals surface area contributed by atoms with Crippen molar-refractivity contribution < 1.29 is 13.5 Å². The van der Waals surface area contributed by atoms with Crippen molar-refractivity contribution in [2.45, 2.75) is 55.9 Å². The largest absolute Gasteiger partial charge is 0.461 e. The molecule has 8 rings (SSSR count). The molecule has 1 aromatic carbocycles. The second-order valence-corrected chi connectivity index (χ2v) is 12.2. The lowest BCUT2D eigenvalue weighted by molar-refractivity contribution is 0.107. The molecule has 10 heteroatoms. The number of pyridine rings is 2. The SMILES string of the molecule is C#Cc1cccc2cncc(-c3ncc4c(N5CC6CCC(C5)N6)nc(OC[C@]56CCCN5C[C@@H](F)C6)nc4c3F)c12. The van der Waals surface area contributed by atoms with E-state index in [1.165, 1.54) is 0 Å². The van der Waals surface area contributed by atoms with Gasteiger partial charge in [0, 0.05) is 78.6 Å². The number of piperazine rings is 1. The summed E-state index contributed by atoms with van der Waals surface area (Å²) in [6.45, 7) is 3.07. The summed E-state index contributed by atoms with van der Waals surface area (Å²) in [6, 6.07) is 6.38. The lowest BCUT2D eigenvalue weighted by Gasteiger charge is -2.34. The molecule has 0 spiro atoms. The normalized spacial score (nSPS) is 27.1. The molecule has 0 amide bonds. The Morgan fingerprint density at radius 2 is 1.98 bits per heavy atom. The van der Waals surface area contributed by atoms with Gasteiger partial charge in [-0.15, -0.1) is 6.42 Å². The molecule has 2 bridgehead atoms. The fourth-order valence-corrected chi connectivity index (χ4v) is 7.67. The number of halogens is 2. The summed E-state index contributed by atoms with van der Waals surface area (Å²) in [6.07, 6.45) is 14.4. The first-order valence-corrected chi connectivity index (χ1v) is 14.7. The predicted octanol–water partition coefficient (Wildman–Crippen LogP) is 4.26. The summed E-state index contributed by atoms with van der Waals surface area (Å²) >= 11 is 0. The first kappa shape index (κ1) is 25.7. The van der Waals surface area contributed by atoms with Crippen LogP contribution >= 0.6 is 0 Å². The molecule has 0 radical (unpaired) electrons. The van der Waals surface area contributed by atoms with Crippen LogP contribution in [0.3, 0.4) is 0 Å². The third-order valence-corrected chi connectivity index (χ3v) is 9.58. The van der Waals surface area contributed by atoms with Crippen molar-refractivity contribution in [1.82, 2.24) is 30.2 Å². The quantitative estimate of drug-likeness (QED) is 0.359. The number of hydrogen-bond donors (Lipinski definition) is 1. The third kappa shape index (κ3) is 4.09. The van der Waals surface area contributed by atoms with Gasteiger partial charge >= 0.3 is 6.01 Å². The Morgan fingerprint density at radius 3 is 2.81 bits per heavy atom. The number of alkyl halides is 1. The highest BCUT2D eigenvalue weighted by molar-refractivity contribution is 6.01. The molecule has 2 unspecified atom stereocenters. The molecule has 8 nitrogen and oxygen atoms in total. The van der Waals surface area contributed by atoms with E-state index in [2.05, 4.69) is 36.0 Å². The zero-order valence-electron chi connectivity index (χ0n) is 23.2. The maximum atomic E-state index is 16.6. The first-order valence-electron chi connectivity index (χ1n) is 14.7. The van der Waals surface area contributed by atoms with E-state index in [0.29, 0.717) is 52.8 Å². The molecular formula is C32H31F2N7O. The first-order chi connectivity index (χ1) is 20.5. The van der Waals surface area contributed by atoms with Crippen LogP contribution in [0.2, 0.25) is 0 Å². The third-order valence-electron chi connectivity index (χ3n) is 9.58. The highest BCUT2D eigenvalue weighted by Gasteiger charge is 2.49. The number of anilines is 1. The molecule has 4 saturated heterocycles. The van der Waals surface area contributed by atoms with Crippen LogP contribution in [0.4, 0.5) is 14.6 Å². The minimum Gasteiger partial charge on any atom is -0.461 e. The van der Waals surface area contributed by atoms with Gasteiger partial charge in [0.2, 0.25) is 0 Å². The zero-order chi connectivity index (χ0) is 28.4. The van der Waals surface area contributed by atoms with Gasteiger partial charge in [0.05, 0.1) is 10.9 Å². The maximum Gasteiger partial charge on any atom is 0.319 e. The van der Waals surface area contributed by atoms with E-state index in [0.717, 1.165) is 50.7 Å². The van der Waals surface area contributed by atoms with Crippen LogP contribution in [0.15, 0.2) is 36.8 Å². The van der Waals surface area contributed by atoms with E-state index in [4.69, 9.17) is 16.1 Å². The maximum absolute atomic E-state index is 16.6. The molecule has 7 heterocycles. The molecular weight excluding hydrogens is 536 g/mol. The second-order valence-electron chi connectivity index (χ2n) is 12.2. The van der Waals surface area contributed by atoms with Crippen LogP contribution in [-0.2, 0) is 0 Å². The topological polar surface area (TPSA) is 79.3 Å². The average molecular weight is 568 g/mol. The Labute approximate surface area is 242 Å². The highest BCUT2D eigenvalue weighted by Crippen LogP contribution is 2.41. The van der Waals surface area contributed by atoms with Crippen molar-refractivity contribution in [1.29, 1.82) is 0 Å². The minimum atomic E-state index is -0.869. The highest BCUT2D eigenvalue weighted by atomic mass is 19.1. The van der Waals surface area contributed by atoms with Crippen molar-refractivity contribution in [3.05, 3.63) is 48.2 Å². The molecule has 4 aliphatic heterocycles. The zero-order valence-corrected chi connectivity index (χ0v) is 23.2. The molecule has 42 heavy (non-hydrogen) atoms. The molecule has 4 atom stereocenters. The van der Waals surface area contributed by atoms with Crippen molar-refractivity contribution in [2.24, 2.45) is 0 Å². The van der Waals surface area contributed by atoms with Gasteiger partial charge < -0.3 is 15.0 Å². The van der Waals surface area contributed by atoms with Gasteiger partial charge in [0.25, 0.3) is 0 Å². The van der Waals surface area contributed by atoms with E-state index in [1.54, 1.807) is 18.6 Å². The molecule has 0 saturated carbocycles. The number of nitrogens with zero attached hydrogens (tertiary/aromatic N) is 6. The number of terminal acetylenes is 1. The molecule has 4 aromatic rings. The molecule has 4 aliphatic rings. The predicted molar refractivity (Wildman–Crippen MR) is 157 cm³/mol.